The monoisotopic (exact) mass is 160 g/mol. The van der Waals surface area contributed by atoms with E-state index >= 15 is 0 Å². The van der Waals surface area contributed by atoms with Gasteiger partial charge in [0.2, 0.25) is 0 Å². The van der Waals surface area contributed by atoms with Crippen LogP contribution in [-0.4, -0.2) is 5.78 Å². The molecule has 0 saturated carbocycles. The normalized spacial score (nSPS) is 9.50. The highest BCUT2D eigenvalue weighted by Gasteiger charge is 2.05. The van der Waals surface area contributed by atoms with Gasteiger partial charge in [-0.25, -0.2) is 0 Å². The number of rotatable bonds is 2. The van der Waals surface area contributed by atoms with Crippen molar-refractivity contribution in [3.63, 3.8) is 0 Å². The smallest absolute Gasteiger partial charge is 0.160 e. The molecule has 1 heteroatoms. The van der Waals surface area contributed by atoms with Crippen LogP contribution in [0.1, 0.15) is 29.8 Å². The molecular weight excluding hydrogens is 148 g/mol. The standard InChI is InChI=1S/C11H12O/c1-8(2)10-6-4-5-7-11(10)9(3)12/h4-7H,1H2,2-3H3. The number of carbonyl (C=O) groups is 1. The highest BCUT2D eigenvalue weighted by Crippen LogP contribution is 2.16. The fourth-order valence-corrected chi connectivity index (χ4v) is 1.16. The summed E-state index contributed by atoms with van der Waals surface area (Å²) in [6, 6.07) is 7.52. The lowest BCUT2D eigenvalue weighted by molar-refractivity contribution is 0.101. The second kappa shape index (κ2) is 3.35. The maximum Gasteiger partial charge on any atom is 0.160 e. The summed E-state index contributed by atoms with van der Waals surface area (Å²) in [5.74, 6) is 0.0913. The molecule has 0 aliphatic carbocycles. The minimum atomic E-state index is 0.0913. The van der Waals surface area contributed by atoms with Crippen molar-refractivity contribution in [2.45, 2.75) is 13.8 Å². The van der Waals surface area contributed by atoms with Gasteiger partial charge in [-0.15, -0.1) is 0 Å². The second-order valence-electron chi connectivity index (χ2n) is 2.88. The zero-order valence-corrected chi connectivity index (χ0v) is 7.42. The summed E-state index contributed by atoms with van der Waals surface area (Å²) in [5.41, 5.74) is 2.64. The molecular formula is C11H12O. The molecule has 0 N–H and O–H groups in total. The molecule has 1 aromatic carbocycles. The van der Waals surface area contributed by atoms with Crippen LogP contribution in [0.2, 0.25) is 0 Å². The van der Waals surface area contributed by atoms with Gasteiger partial charge in [-0.1, -0.05) is 36.4 Å². The third-order valence-electron chi connectivity index (χ3n) is 1.77. The molecule has 0 aromatic heterocycles. The van der Waals surface area contributed by atoms with Crippen LogP contribution in [0.5, 0.6) is 0 Å². The van der Waals surface area contributed by atoms with E-state index in [2.05, 4.69) is 6.58 Å². The lowest BCUT2D eigenvalue weighted by Crippen LogP contribution is -1.96. The van der Waals surface area contributed by atoms with Crippen LogP contribution in [-0.2, 0) is 0 Å². The minimum Gasteiger partial charge on any atom is -0.294 e. The summed E-state index contributed by atoms with van der Waals surface area (Å²) in [4.78, 5) is 11.1. The molecule has 62 valence electrons. The Morgan fingerprint density at radius 3 is 2.00 bits per heavy atom. The van der Waals surface area contributed by atoms with Gasteiger partial charge in [-0.2, -0.15) is 0 Å². The number of hydrogen-bond acceptors (Lipinski definition) is 1. The molecule has 12 heavy (non-hydrogen) atoms. The largest absolute Gasteiger partial charge is 0.294 e. The predicted molar refractivity (Wildman–Crippen MR) is 51.2 cm³/mol. The molecule has 0 unspecified atom stereocenters. The van der Waals surface area contributed by atoms with Gasteiger partial charge in [0.1, 0.15) is 0 Å². The number of Topliss-reactive ketones (excluding diaryl/α,β-unsaturated/α-hetero) is 1. The first kappa shape index (κ1) is 8.72. The molecule has 0 radical (unpaired) electrons. The van der Waals surface area contributed by atoms with Crippen LogP contribution in [0.3, 0.4) is 0 Å². The fraction of sp³-hybridized carbons (Fsp3) is 0.182. The van der Waals surface area contributed by atoms with Crippen LogP contribution >= 0.6 is 0 Å². The fourth-order valence-electron chi connectivity index (χ4n) is 1.16. The van der Waals surface area contributed by atoms with Crippen molar-refractivity contribution in [1.29, 1.82) is 0 Å². The summed E-state index contributed by atoms with van der Waals surface area (Å²) in [6.07, 6.45) is 0. The molecule has 0 heterocycles. The third kappa shape index (κ3) is 1.62. The quantitative estimate of drug-likeness (QED) is 0.608. The van der Waals surface area contributed by atoms with Crippen LogP contribution in [0.25, 0.3) is 5.57 Å². The zero-order chi connectivity index (χ0) is 9.14. The Hall–Kier alpha value is -1.37. The predicted octanol–water partition coefficient (Wildman–Crippen LogP) is 2.92. The molecule has 1 rings (SSSR count). The van der Waals surface area contributed by atoms with Gasteiger partial charge in [-0.05, 0) is 19.4 Å². The van der Waals surface area contributed by atoms with Crippen molar-refractivity contribution >= 4 is 11.4 Å². The Balaban J connectivity index is 3.27. The average Bonchev–Trinajstić information content (AvgIpc) is 2.04. The molecule has 0 bridgehead atoms. The van der Waals surface area contributed by atoms with Crippen molar-refractivity contribution in [3.8, 4) is 0 Å². The van der Waals surface area contributed by atoms with Crippen molar-refractivity contribution < 1.29 is 4.79 Å². The van der Waals surface area contributed by atoms with Crippen molar-refractivity contribution in [2.75, 3.05) is 0 Å². The van der Waals surface area contributed by atoms with Crippen LogP contribution in [0, 0.1) is 0 Å². The van der Waals surface area contributed by atoms with Crippen LogP contribution in [0.15, 0.2) is 30.8 Å². The highest BCUT2D eigenvalue weighted by molar-refractivity contribution is 5.98. The SMILES string of the molecule is C=C(C)c1ccccc1C(C)=O. The van der Waals surface area contributed by atoms with Crippen LogP contribution in [0.4, 0.5) is 0 Å². The van der Waals surface area contributed by atoms with Gasteiger partial charge in [0.15, 0.2) is 5.78 Å². The molecule has 0 atom stereocenters. The van der Waals surface area contributed by atoms with Gasteiger partial charge in [0.25, 0.3) is 0 Å². The Labute approximate surface area is 72.7 Å². The Kier molecular flexibility index (Phi) is 2.44. The van der Waals surface area contributed by atoms with Gasteiger partial charge < -0.3 is 0 Å². The van der Waals surface area contributed by atoms with Gasteiger partial charge in [-0.3, -0.25) is 4.79 Å². The Morgan fingerprint density at radius 2 is 1.67 bits per heavy atom. The number of hydrogen-bond donors (Lipinski definition) is 0. The summed E-state index contributed by atoms with van der Waals surface area (Å²) < 4.78 is 0. The topological polar surface area (TPSA) is 17.1 Å². The Morgan fingerprint density at radius 1 is 1.17 bits per heavy atom. The summed E-state index contributed by atoms with van der Waals surface area (Å²) in [7, 11) is 0. The van der Waals surface area contributed by atoms with Gasteiger partial charge >= 0.3 is 0 Å². The molecule has 0 aliphatic heterocycles. The van der Waals surface area contributed by atoms with E-state index in [1.807, 2.05) is 31.2 Å². The van der Waals surface area contributed by atoms with Crippen LogP contribution < -0.4 is 0 Å². The summed E-state index contributed by atoms with van der Waals surface area (Å²) in [5, 5.41) is 0. The Bertz CT molecular complexity index is 291. The molecule has 0 saturated heterocycles. The lowest BCUT2D eigenvalue weighted by atomic mass is 10.00. The van der Waals surface area contributed by atoms with E-state index in [9.17, 15) is 4.79 Å². The molecule has 0 spiro atoms. The highest BCUT2D eigenvalue weighted by atomic mass is 16.1. The number of allylic oxidation sites excluding steroid dienone is 1. The first-order chi connectivity index (χ1) is 5.63. The number of ketones is 1. The molecule has 0 aliphatic rings. The summed E-state index contributed by atoms with van der Waals surface area (Å²) >= 11 is 0. The number of benzene rings is 1. The average molecular weight is 160 g/mol. The molecule has 1 nitrogen and oxygen atoms in total. The zero-order valence-electron chi connectivity index (χ0n) is 7.42. The lowest BCUT2D eigenvalue weighted by Gasteiger charge is -2.04. The van der Waals surface area contributed by atoms with E-state index in [4.69, 9.17) is 0 Å². The number of carbonyl (C=O) groups excluding carboxylic acids is 1. The molecule has 0 fully saturated rings. The maximum absolute atomic E-state index is 11.1. The van der Waals surface area contributed by atoms with Crippen molar-refractivity contribution in [3.05, 3.63) is 42.0 Å². The van der Waals surface area contributed by atoms with Crippen molar-refractivity contribution in [1.82, 2.24) is 0 Å². The molecule has 1 aromatic rings. The molecule has 0 amide bonds. The van der Waals surface area contributed by atoms with Crippen molar-refractivity contribution in [2.24, 2.45) is 0 Å². The van der Waals surface area contributed by atoms with E-state index in [0.717, 1.165) is 16.7 Å². The van der Waals surface area contributed by atoms with E-state index < -0.39 is 0 Å². The van der Waals surface area contributed by atoms with E-state index in [1.54, 1.807) is 6.92 Å². The second-order valence-corrected chi connectivity index (χ2v) is 2.88. The summed E-state index contributed by atoms with van der Waals surface area (Å²) in [6.45, 7) is 7.29. The minimum absolute atomic E-state index is 0.0913. The van der Waals surface area contributed by atoms with E-state index in [-0.39, 0.29) is 5.78 Å². The third-order valence-corrected chi connectivity index (χ3v) is 1.77. The maximum atomic E-state index is 11.1. The first-order valence-electron chi connectivity index (χ1n) is 3.89. The first-order valence-corrected chi connectivity index (χ1v) is 3.89. The van der Waals surface area contributed by atoms with Gasteiger partial charge in [0.05, 0.1) is 0 Å². The van der Waals surface area contributed by atoms with E-state index in [0.29, 0.717) is 0 Å². The van der Waals surface area contributed by atoms with E-state index in [1.165, 1.54) is 0 Å². The van der Waals surface area contributed by atoms with Gasteiger partial charge in [0, 0.05) is 5.56 Å².